The minimum atomic E-state index is -1.37. The number of aliphatic hydroxyl groups excluding tert-OH is 1. The predicted octanol–water partition coefficient (Wildman–Crippen LogP) is 4.29. The molecule has 1 aromatic heterocycles. The zero-order valence-corrected chi connectivity index (χ0v) is 21.9. The Morgan fingerprint density at radius 2 is 1.97 bits per heavy atom. The van der Waals surface area contributed by atoms with E-state index in [9.17, 15) is 24.9 Å². The van der Waals surface area contributed by atoms with Crippen molar-refractivity contribution < 1.29 is 24.9 Å². The smallest absolute Gasteiger partial charge is 0.335 e. The number of aromatic nitrogens is 2. The molecule has 1 heterocycles. The summed E-state index contributed by atoms with van der Waals surface area (Å²) in [6.45, 7) is 8.04. The zero-order valence-electron chi connectivity index (χ0n) is 21.9. The molecule has 3 fully saturated rings. The fourth-order valence-corrected chi connectivity index (χ4v) is 9.18. The minimum absolute atomic E-state index is 0.0363. The Bertz CT molecular complexity index is 1350. The molecule has 0 saturated heterocycles. The molecule has 0 spiro atoms. The van der Waals surface area contributed by atoms with Crippen molar-refractivity contribution >= 4 is 17.8 Å². The molecule has 0 radical (unpaired) electrons. The van der Waals surface area contributed by atoms with Crippen LogP contribution in [-0.4, -0.2) is 48.6 Å². The Morgan fingerprint density at radius 3 is 2.68 bits per heavy atom. The number of carboxylic acid groups (broad SMARTS) is 1. The number of hydrogen-bond acceptors (Lipinski definition) is 5. The number of carbonyl (C=O) groups is 2. The van der Waals surface area contributed by atoms with E-state index in [-0.39, 0.29) is 40.4 Å². The molecule has 7 heteroatoms. The molecular weight excluding hydrogens is 468 g/mol. The van der Waals surface area contributed by atoms with Crippen LogP contribution in [0.5, 0.6) is 0 Å². The Morgan fingerprint density at radius 1 is 1.22 bits per heavy atom. The SMILES string of the molecule is CC(=O)[C@@]1(O)CC[C@H]2[C@@H]3C[C@H](C)C4=Cc5c(cnn5-c5cccc(C(=O)O)c5)C[C@]4(C)[C@H]3[C@@H](O)C[C@@]21C. The highest BCUT2D eigenvalue weighted by Gasteiger charge is 2.68. The van der Waals surface area contributed by atoms with Crippen LogP contribution in [0.1, 0.15) is 75.0 Å². The van der Waals surface area contributed by atoms with E-state index in [2.05, 4.69) is 25.0 Å². The third-order valence-corrected chi connectivity index (χ3v) is 10.8. The van der Waals surface area contributed by atoms with Gasteiger partial charge in [-0.05, 0) is 98.0 Å². The molecule has 6 rings (SSSR count). The van der Waals surface area contributed by atoms with Crippen LogP contribution < -0.4 is 0 Å². The molecule has 7 nitrogen and oxygen atoms in total. The molecule has 1 aromatic carbocycles. The van der Waals surface area contributed by atoms with E-state index in [0.717, 1.165) is 30.5 Å². The van der Waals surface area contributed by atoms with Crippen molar-refractivity contribution in [3.63, 3.8) is 0 Å². The summed E-state index contributed by atoms with van der Waals surface area (Å²) in [6, 6.07) is 6.83. The summed E-state index contributed by atoms with van der Waals surface area (Å²) >= 11 is 0. The molecule has 196 valence electrons. The highest BCUT2D eigenvalue weighted by atomic mass is 16.4. The van der Waals surface area contributed by atoms with Gasteiger partial charge in [0.1, 0.15) is 5.60 Å². The second-order valence-corrected chi connectivity index (χ2v) is 12.6. The van der Waals surface area contributed by atoms with Gasteiger partial charge in [-0.1, -0.05) is 32.4 Å². The average Bonchev–Trinajstić information content (AvgIpc) is 3.36. The van der Waals surface area contributed by atoms with Crippen molar-refractivity contribution in [2.24, 2.45) is 34.5 Å². The van der Waals surface area contributed by atoms with E-state index in [1.54, 1.807) is 18.2 Å². The maximum absolute atomic E-state index is 12.6. The number of aromatic carboxylic acids is 1. The number of Topliss-reactive ketones (excluding diaryl/α,β-unsaturated/α-hetero) is 1. The van der Waals surface area contributed by atoms with Crippen LogP contribution in [0, 0.1) is 34.5 Å². The summed E-state index contributed by atoms with van der Waals surface area (Å²) in [5, 5.41) is 37.3. The van der Waals surface area contributed by atoms with Gasteiger partial charge >= 0.3 is 5.97 Å². The lowest BCUT2D eigenvalue weighted by molar-refractivity contribution is -0.180. The minimum Gasteiger partial charge on any atom is -0.478 e. The number of ketones is 1. The van der Waals surface area contributed by atoms with Crippen molar-refractivity contribution in [3.8, 4) is 5.69 Å². The first-order valence-electron chi connectivity index (χ1n) is 13.4. The molecule has 2 aromatic rings. The number of hydrogen-bond donors (Lipinski definition) is 3. The number of rotatable bonds is 3. The Kier molecular flexibility index (Phi) is 5.22. The quantitative estimate of drug-likeness (QED) is 0.575. The monoisotopic (exact) mass is 504 g/mol. The van der Waals surface area contributed by atoms with Crippen LogP contribution >= 0.6 is 0 Å². The third-order valence-electron chi connectivity index (χ3n) is 10.8. The van der Waals surface area contributed by atoms with Gasteiger partial charge < -0.3 is 15.3 Å². The van der Waals surface area contributed by atoms with Gasteiger partial charge in [0.15, 0.2) is 5.78 Å². The summed E-state index contributed by atoms with van der Waals surface area (Å²) < 4.78 is 1.82. The van der Waals surface area contributed by atoms with Gasteiger partial charge in [-0.25, -0.2) is 9.48 Å². The van der Waals surface area contributed by atoms with Crippen molar-refractivity contribution in [3.05, 3.63) is 52.9 Å². The first-order chi connectivity index (χ1) is 17.4. The van der Waals surface area contributed by atoms with E-state index in [0.29, 0.717) is 18.5 Å². The van der Waals surface area contributed by atoms with Crippen LogP contribution in [0.25, 0.3) is 11.8 Å². The van der Waals surface area contributed by atoms with Gasteiger partial charge in [0.25, 0.3) is 0 Å². The van der Waals surface area contributed by atoms with Gasteiger partial charge in [-0.2, -0.15) is 5.10 Å². The molecule has 37 heavy (non-hydrogen) atoms. The van der Waals surface area contributed by atoms with Gasteiger partial charge in [-0.15, -0.1) is 0 Å². The molecular formula is C30H36N2O5. The number of allylic oxidation sites excluding steroid dienone is 1. The van der Waals surface area contributed by atoms with Crippen LogP contribution in [0.3, 0.4) is 0 Å². The number of nitrogens with zero attached hydrogens (tertiary/aromatic N) is 2. The molecule has 0 aliphatic heterocycles. The Hall–Kier alpha value is -2.77. The lowest BCUT2D eigenvalue weighted by Gasteiger charge is -2.61. The standard InChI is InChI=1S/C30H36N2O5/c1-16-10-21-22-8-9-30(37,17(2)33)29(22,4)14-25(34)26(21)28(3)13-19-15-31-32(24(19)12-23(16)28)20-7-5-6-18(11-20)27(35)36/h5-7,11-12,15-16,21-22,25-26,34,37H,8-10,13-14H2,1-4H3,(H,35,36)/t16-,21-,22-,25-,26+,28-,29-,30-/m0/s1. The summed E-state index contributed by atoms with van der Waals surface area (Å²) in [5.74, 6) is -0.424. The van der Waals surface area contributed by atoms with E-state index < -0.39 is 23.1 Å². The summed E-state index contributed by atoms with van der Waals surface area (Å²) in [5.41, 5.74) is 2.06. The maximum Gasteiger partial charge on any atom is 0.335 e. The normalized spacial score (nSPS) is 40.2. The number of carboxylic acids is 1. The highest BCUT2D eigenvalue weighted by molar-refractivity contribution is 5.88. The highest BCUT2D eigenvalue weighted by Crippen LogP contribution is 2.68. The second-order valence-electron chi connectivity index (χ2n) is 12.6. The van der Waals surface area contributed by atoms with Crippen LogP contribution in [0.15, 0.2) is 36.0 Å². The number of aliphatic hydroxyl groups is 2. The van der Waals surface area contributed by atoms with E-state index >= 15 is 0 Å². The molecule has 4 aliphatic carbocycles. The van der Waals surface area contributed by atoms with Crippen molar-refractivity contribution in [1.29, 1.82) is 0 Å². The van der Waals surface area contributed by atoms with E-state index in [1.165, 1.54) is 12.5 Å². The topological polar surface area (TPSA) is 113 Å². The lowest BCUT2D eigenvalue weighted by atomic mass is 9.44. The van der Waals surface area contributed by atoms with Crippen molar-refractivity contribution in [2.45, 2.75) is 71.5 Å². The summed E-state index contributed by atoms with van der Waals surface area (Å²) in [6.07, 6.45) is 6.86. The van der Waals surface area contributed by atoms with Gasteiger partial charge in [-0.3, -0.25) is 4.79 Å². The number of benzene rings is 1. The van der Waals surface area contributed by atoms with Crippen molar-refractivity contribution in [1.82, 2.24) is 9.78 Å². The zero-order chi connectivity index (χ0) is 26.5. The third kappa shape index (κ3) is 3.16. The predicted molar refractivity (Wildman–Crippen MR) is 138 cm³/mol. The molecule has 0 unspecified atom stereocenters. The first-order valence-corrected chi connectivity index (χ1v) is 13.4. The molecule has 3 N–H and O–H groups in total. The fraction of sp³-hybridized carbons (Fsp3) is 0.567. The van der Waals surface area contributed by atoms with Gasteiger partial charge in [0, 0.05) is 5.41 Å². The first kappa shape index (κ1) is 24.6. The number of fused-ring (bicyclic) bond motifs is 6. The maximum atomic E-state index is 12.6. The molecule has 0 bridgehead atoms. The van der Waals surface area contributed by atoms with Crippen LogP contribution in [0.2, 0.25) is 0 Å². The molecule has 8 atom stereocenters. The summed E-state index contributed by atoms with van der Waals surface area (Å²) in [7, 11) is 0. The Balaban J connectivity index is 1.41. The second kappa shape index (κ2) is 7.87. The molecule has 4 aliphatic rings. The van der Waals surface area contributed by atoms with Gasteiger partial charge in [0.2, 0.25) is 0 Å². The Labute approximate surface area is 217 Å². The fourth-order valence-electron chi connectivity index (χ4n) is 9.18. The average molecular weight is 505 g/mol. The van der Waals surface area contributed by atoms with Crippen molar-refractivity contribution in [2.75, 3.05) is 0 Å². The van der Waals surface area contributed by atoms with E-state index in [1.807, 2.05) is 23.9 Å². The van der Waals surface area contributed by atoms with E-state index in [4.69, 9.17) is 0 Å². The van der Waals surface area contributed by atoms with Crippen LogP contribution in [-0.2, 0) is 11.2 Å². The van der Waals surface area contributed by atoms with Crippen LogP contribution in [0.4, 0.5) is 0 Å². The summed E-state index contributed by atoms with van der Waals surface area (Å²) in [4.78, 5) is 24.1. The lowest BCUT2D eigenvalue weighted by Crippen LogP contribution is -2.62. The molecule has 3 saturated carbocycles. The van der Waals surface area contributed by atoms with Gasteiger partial charge in [0.05, 0.1) is 29.2 Å². The number of carbonyl (C=O) groups excluding carboxylic acids is 1. The largest absolute Gasteiger partial charge is 0.478 e. The molecule has 0 amide bonds.